The number of Topliss-reactive ketones (excluding diaryl/α,β-unsaturated/α-hetero) is 1. The van der Waals surface area contributed by atoms with Crippen LogP contribution < -0.4 is 4.57 Å². The third-order valence-corrected chi connectivity index (χ3v) is 3.83. The topological polar surface area (TPSA) is 84.9 Å². The number of benzene rings is 2. The van der Waals surface area contributed by atoms with Crippen LogP contribution in [0.4, 0.5) is 0 Å². The van der Waals surface area contributed by atoms with Gasteiger partial charge in [0, 0.05) is 16.7 Å². The van der Waals surface area contributed by atoms with Crippen molar-refractivity contribution >= 4 is 17.4 Å². The molecule has 6 heteroatoms. The molecule has 130 valence electrons. The SMILES string of the molecule is N#CC(=C=[N-])/C=C(/C(=O)c1ccccc1)n1c[n+](Cc2ccccc2)cn1. The molecule has 3 aromatic rings. The molecular formula is C21H15N5O. The molecule has 0 aliphatic carbocycles. The number of nitriles is 1. The number of allylic oxidation sites excluding steroid dienone is 3. The molecule has 0 N–H and O–H groups in total. The first-order chi connectivity index (χ1) is 13.2. The molecule has 27 heavy (non-hydrogen) atoms. The van der Waals surface area contributed by atoms with Gasteiger partial charge in [-0.3, -0.25) is 10.7 Å². The van der Waals surface area contributed by atoms with E-state index in [4.69, 9.17) is 10.7 Å². The summed E-state index contributed by atoms with van der Waals surface area (Å²) in [5, 5.41) is 22.4. The van der Waals surface area contributed by atoms with Crippen molar-refractivity contribution in [2.24, 2.45) is 0 Å². The van der Waals surface area contributed by atoms with E-state index in [2.05, 4.69) is 5.10 Å². The number of carbonyl (C=O) groups is 1. The van der Waals surface area contributed by atoms with Crippen LogP contribution in [0.3, 0.4) is 0 Å². The fraction of sp³-hybridized carbons (Fsp3) is 0.0476. The van der Waals surface area contributed by atoms with E-state index in [1.807, 2.05) is 41.0 Å². The van der Waals surface area contributed by atoms with Gasteiger partial charge in [-0.25, -0.2) is 4.57 Å². The number of aromatic nitrogens is 3. The highest BCUT2D eigenvalue weighted by atomic mass is 16.1. The summed E-state index contributed by atoms with van der Waals surface area (Å²) in [6.45, 7) is 0.584. The molecule has 0 saturated carbocycles. The zero-order valence-electron chi connectivity index (χ0n) is 14.4. The lowest BCUT2D eigenvalue weighted by molar-refractivity contribution is -0.688. The Bertz CT molecular complexity index is 1070. The normalized spacial score (nSPS) is 10.7. The van der Waals surface area contributed by atoms with Crippen molar-refractivity contribution in [1.29, 1.82) is 5.26 Å². The summed E-state index contributed by atoms with van der Waals surface area (Å²) >= 11 is 0. The Labute approximate surface area is 156 Å². The Kier molecular flexibility index (Phi) is 5.48. The van der Waals surface area contributed by atoms with Crippen LogP contribution >= 0.6 is 0 Å². The quantitative estimate of drug-likeness (QED) is 0.170. The third-order valence-electron chi connectivity index (χ3n) is 3.83. The molecule has 0 bridgehead atoms. The van der Waals surface area contributed by atoms with Gasteiger partial charge < -0.3 is 5.41 Å². The molecule has 1 heterocycles. The van der Waals surface area contributed by atoms with E-state index in [0.717, 1.165) is 5.56 Å². The lowest BCUT2D eigenvalue weighted by Gasteiger charge is -2.02. The first-order valence-corrected chi connectivity index (χ1v) is 8.18. The van der Waals surface area contributed by atoms with Crippen molar-refractivity contribution in [2.45, 2.75) is 6.54 Å². The molecule has 0 amide bonds. The summed E-state index contributed by atoms with van der Waals surface area (Å²) in [5.41, 5.74) is 1.50. The highest BCUT2D eigenvalue weighted by Gasteiger charge is 2.21. The van der Waals surface area contributed by atoms with Crippen LogP contribution in [-0.2, 0) is 6.54 Å². The van der Waals surface area contributed by atoms with Gasteiger partial charge in [-0.05, 0) is 5.56 Å². The second-order valence-corrected chi connectivity index (χ2v) is 5.71. The van der Waals surface area contributed by atoms with Crippen LogP contribution in [0.5, 0.6) is 0 Å². The molecule has 0 radical (unpaired) electrons. The van der Waals surface area contributed by atoms with Gasteiger partial charge in [0.25, 0.3) is 6.33 Å². The molecule has 0 aliphatic rings. The van der Waals surface area contributed by atoms with Gasteiger partial charge in [0.05, 0.1) is 12.1 Å². The molecular weight excluding hydrogens is 338 g/mol. The van der Waals surface area contributed by atoms with Crippen LogP contribution in [0.15, 0.2) is 85.0 Å². The zero-order valence-corrected chi connectivity index (χ0v) is 14.4. The van der Waals surface area contributed by atoms with E-state index in [0.29, 0.717) is 12.1 Å². The summed E-state index contributed by atoms with van der Waals surface area (Å²) in [7, 11) is 0. The fourth-order valence-corrected chi connectivity index (χ4v) is 2.52. The average Bonchev–Trinajstić information content (AvgIpc) is 3.18. The van der Waals surface area contributed by atoms with Gasteiger partial charge in [-0.15, -0.1) is 0 Å². The lowest BCUT2D eigenvalue weighted by Crippen LogP contribution is -2.31. The van der Waals surface area contributed by atoms with Gasteiger partial charge in [0.1, 0.15) is 6.07 Å². The Morgan fingerprint density at radius 1 is 1.15 bits per heavy atom. The minimum absolute atomic E-state index is 0.131. The lowest BCUT2D eigenvalue weighted by atomic mass is 10.1. The maximum atomic E-state index is 12.9. The monoisotopic (exact) mass is 353 g/mol. The molecule has 2 aromatic carbocycles. The first-order valence-electron chi connectivity index (χ1n) is 8.18. The molecule has 3 rings (SSSR count). The summed E-state index contributed by atoms with van der Waals surface area (Å²) < 4.78 is 3.20. The maximum absolute atomic E-state index is 12.9. The molecule has 0 unspecified atom stereocenters. The highest BCUT2D eigenvalue weighted by Crippen LogP contribution is 2.14. The van der Waals surface area contributed by atoms with Gasteiger partial charge >= 0.3 is 0 Å². The van der Waals surface area contributed by atoms with Gasteiger partial charge in [0.2, 0.25) is 12.1 Å². The summed E-state index contributed by atoms with van der Waals surface area (Å²) in [6, 6.07) is 20.3. The van der Waals surface area contributed by atoms with E-state index < -0.39 is 0 Å². The number of hydrogen-bond acceptors (Lipinski definition) is 3. The van der Waals surface area contributed by atoms with Crippen LogP contribution in [0, 0.1) is 11.3 Å². The molecule has 0 atom stereocenters. The van der Waals surface area contributed by atoms with Gasteiger partial charge in [-0.1, -0.05) is 65.3 Å². The Balaban J connectivity index is 1.98. The standard InChI is InChI=1S/C21H15N5O/c22-12-18(13-23)11-20(21(27)19-9-5-2-6-10-19)26-16-25(15-24-26)14-17-7-3-1-4-8-17/h1-11,15-16H,14H2/b20-11-. The van der Waals surface area contributed by atoms with Crippen molar-refractivity contribution in [3.8, 4) is 6.07 Å². The molecule has 6 nitrogen and oxygen atoms in total. The minimum Gasteiger partial charge on any atom is -0.762 e. The van der Waals surface area contributed by atoms with Crippen LogP contribution in [-0.4, -0.2) is 21.4 Å². The predicted octanol–water partition coefficient (Wildman–Crippen LogP) is 2.63. The molecule has 1 aromatic heterocycles. The Morgan fingerprint density at radius 3 is 2.44 bits per heavy atom. The van der Waals surface area contributed by atoms with Crippen LogP contribution in [0.25, 0.3) is 11.1 Å². The summed E-state index contributed by atoms with van der Waals surface area (Å²) in [4.78, 5) is 12.9. The van der Waals surface area contributed by atoms with Crippen molar-refractivity contribution in [2.75, 3.05) is 0 Å². The molecule has 0 fully saturated rings. The van der Waals surface area contributed by atoms with E-state index in [9.17, 15) is 4.79 Å². The summed E-state index contributed by atoms with van der Waals surface area (Å²) in [5.74, 6) is 1.46. The third kappa shape index (κ3) is 4.31. The van der Waals surface area contributed by atoms with E-state index in [1.165, 1.54) is 10.8 Å². The zero-order chi connectivity index (χ0) is 19.1. The molecule has 0 saturated heterocycles. The number of hydrogen-bond donors (Lipinski definition) is 0. The van der Waals surface area contributed by atoms with Gasteiger partial charge in [-0.2, -0.15) is 5.26 Å². The number of ketones is 1. The first kappa shape index (κ1) is 17.7. The Morgan fingerprint density at radius 2 is 1.81 bits per heavy atom. The van der Waals surface area contributed by atoms with Crippen LogP contribution in [0.1, 0.15) is 15.9 Å². The van der Waals surface area contributed by atoms with Crippen molar-refractivity contribution < 1.29 is 9.36 Å². The van der Waals surface area contributed by atoms with E-state index in [1.54, 1.807) is 48.9 Å². The minimum atomic E-state index is -0.325. The number of carbonyl (C=O) groups excluding carboxylic acids is 1. The highest BCUT2D eigenvalue weighted by molar-refractivity contribution is 6.24. The summed E-state index contributed by atoms with van der Waals surface area (Å²) in [6.07, 6.45) is 4.51. The molecule has 0 spiro atoms. The van der Waals surface area contributed by atoms with E-state index in [-0.39, 0.29) is 17.1 Å². The van der Waals surface area contributed by atoms with E-state index >= 15 is 0 Å². The van der Waals surface area contributed by atoms with Crippen molar-refractivity contribution in [3.05, 3.63) is 102 Å². The smallest absolute Gasteiger partial charge is 0.265 e. The second-order valence-electron chi connectivity index (χ2n) is 5.71. The number of nitrogens with zero attached hydrogens (tertiary/aromatic N) is 5. The fourth-order valence-electron chi connectivity index (χ4n) is 2.52. The van der Waals surface area contributed by atoms with Crippen LogP contribution in [0.2, 0.25) is 0 Å². The maximum Gasteiger partial charge on any atom is 0.265 e. The largest absolute Gasteiger partial charge is 0.762 e. The van der Waals surface area contributed by atoms with Crippen molar-refractivity contribution in [1.82, 2.24) is 9.78 Å². The predicted molar refractivity (Wildman–Crippen MR) is 101 cm³/mol. The van der Waals surface area contributed by atoms with Crippen molar-refractivity contribution in [3.63, 3.8) is 0 Å². The Hall–Kier alpha value is -4.07. The second kappa shape index (κ2) is 8.34. The van der Waals surface area contributed by atoms with Gasteiger partial charge in [0.15, 0.2) is 5.70 Å². The molecule has 0 aliphatic heterocycles. The number of rotatable bonds is 6. The average molecular weight is 353 g/mol.